The van der Waals surface area contributed by atoms with Gasteiger partial charge in [-0.1, -0.05) is 6.07 Å². The molecule has 0 saturated heterocycles. The molecule has 5 heteroatoms. The zero-order chi connectivity index (χ0) is 11.1. The van der Waals surface area contributed by atoms with E-state index < -0.39 is 5.82 Å². The van der Waals surface area contributed by atoms with E-state index in [2.05, 4.69) is 15.5 Å². The van der Waals surface area contributed by atoms with Gasteiger partial charge in [-0.15, -0.1) is 0 Å². The van der Waals surface area contributed by atoms with E-state index in [1.165, 1.54) is 26.2 Å². The third kappa shape index (κ3) is 2.91. The van der Waals surface area contributed by atoms with Crippen LogP contribution in [0.3, 0.4) is 0 Å². The average molecular weight is 190 g/mol. The molecular formula is C9H9B2FO2. The van der Waals surface area contributed by atoms with Gasteiger partial charge in [0.15, 0.2) is 17.3 Å². The zero-order valence-electron chi connectivity index (χ0n) is 8.08. The van der Waals surface area contributed by atoms with Crippen molar-refractivity contribution in [1.29, 1.82) is 0 Å². The van der Waals surface area contributed by atoms with Crippen molar-refractivity contribution in [3.05, 3.63) is 29.6 Å². The summed E-state index contributed by atoms with van der Waals surface area (Å²) < 4.78 is 17.9. The van der Waals surface area contributed by atoms with E-state index in [4.69, 9.17) is 4.74 Å². The third-order valence-corrected chi connectivity index (χ3v) is 1.56. The van der Waals surface area contributed by atoms with Gasteiger partial charge >= 0.3 is 0 Å². The monoisotopic (exact) mass is 190 g/mol. The molecule has 1 aromatic carbocycles. The van der Waals surface area contributed by atoms with E-state index in [0.717, 1.165) is 0 Å². The van der Waals surface area contributed by atoms with E-state index in [1.807, 2.05) is 0 Å². The van der Waals surface area contributed by atoms with Crippen LogP contribution in [-0.4, -0.2) is 28.4 Å². The normalized spacial score (nSPS) is 8.50. The van der Waals surface area contributed by atoms with Gasteiger partial charge in [0.25, 0.3) is 0 Å². The summed E-state index contributed by atoms with van der Waals surface area (Å²) in [5.74, 6) is -0.790. The predicted molar refractivity (Wildman–Crippen MR) is 54.5 cm³/mol. The molecule has 0 fully saturated rings. The Morgan fingerprint density at radius 3 is 2.43 bits per heavy atom. The first-order valence-corrected chi connectivity index (χ1v) is 3.83. The second kappa shape index (κ2) is 6.24. The summed E-state index contributed by atoms with van der Waals surface area (Å²) in [7, 11) is 9.36. The van der Waals surface area contributed by atoms with Gasteiger partial charge < -0.3 is 4.74 Å². The minimum Gasteiger partial charge on any atom is -0.494 e. The summed E-state index contributed by atoms with van der Waals surface area (Å²) >= 11 is 0. The maximum absolute atomic E-state index is 13.2. The average Bonchev–Trinajstić information content (AvgIpc) is 2.21. The number of hydrogen-bond donors (Lipinski definition) is 0. The second-order valence-electron chi connectivity index (χ2n) is 2.38. The Labute approximate surface area is 85.3 Å². The summed E-state index contributed by atoms with van der Waals surface area (Å²) in [6, 6.07) is 4.49. The molecule has 0 heterocycles. The fourth-order valence-electron chi connectivity index (χ4n) is 0.940. The SMILES string of the molecule is COc1cccc(C(C)=O)c1F.[B][B]. The fraction of sp³-hybridized carbons (Fsp3) is 0.222. The van der Waals surface area contributed by atoms with Crippen LogP contribution in [0, 0.1) is 5.82 Å². The molecule has 0 aliphatic rings. The highest BCUT2D eigenvalue weighted by molar-refractivity contribution is 6.75. The van der Waals surface area contributed by atoms with Crippen molar-refractivity contribution < 1.29 is 13.9 Å². The standard InChI is InChI=1S/C9H9FO2.B2/c1-6(11)7-4-3-5-8(12-2)9(7)10;1-2/h3-5H,1-2H3;. The first-order chi connectivity index (χ1) is 6.66. The Balaban J connectivity index is 0.000000791. The molecule has 14 heavy (non-hydrogen) atoms. The minimum absolute atomic E-state index is 0.0642. The quantitative estimate of drug-likeness (QED) is 0.518. The van der Waals surface area contributed by atoms with E-state index in [9.17, 15) is 9.18 Å². The van der Waals surface area contributed by atoms with Crippen LogP contribution in [0.2, 0.25) is 0 Å². The van der Waals surface area contributed by atoms with E-state index in [0.29, 0.717) is 0 Å². The van der Waals surface area contributed by atoms with Crippen LogP contribution < -0.4 is 4.74 Å². The van der Waals surface area contributed by atoms with E-state index in [1.54, 1.807) is 6.07 Å². The zero-order valence-corrected chi connectivity index (χ0v) is 8.08. The van der Waals surface area contributed by atoms with Gasteiger partial charge in [0, 0.05) is 15.5 Å². The maximum atomic E-state index is 13.2. The first kappa shape index (κ1) is 12.7. The Morgan fingerprint density at radius 2 is 2.00 bits per heavy atom. The molecule has 0 spiro atoms. The fourth-order valence-corrected chi connectivity index (χ4v) is 0.940. The van der Waals surface area contributed by atoms with Crippen molar-refractivity contribution in [1.82, 2.24) is 0 Å². The highest BCUT2D eigenvalue weighted by Gasteiger charge is 2.10. The number of hydrogen-bond acceptors (Lipinski definition) is 2. The van der Waals surface area contributed by atoms with Crippen molar-refractivity contribution >= 4 is 21.3 Å². The molecule has 2 nitrogen and oxygen atoms in total. The minimum atomic E-state index is -0.590. The largest absolute Gasteiger partial charge is 0.494 e. The molecule has 0 N–H and O–H groups in total. The molecule has 0 saturated carbocycles. The highest BCUT2D eigenvalue weighted by atomic mass is 19.1. The molecule has 70 valence electrons. The molecule has 4 radical (unpaired) electrons. The Kier molecular flexibility index (Phi) is 5.68. The predicted octanol–water partition coefficient (Wildman–Crippen LogP) is 1.28. The molecule has 0 aromatic heterocycles. The summed E-state index contributed by atoms with van der Waals surface area (Å²) in [5, 5.41) is 0. The summed E-state index contributed by atoms with van der Waals surface area (Å²) in [5.41, 5.74) is 0.0642. The second-order valence-corrected chi connectivity index (χ2v) is 2.38. The number of ether oxygens (including phenoxy) is 1. The number of halogens is 1. The van der Waals surface area contributed by atoms with Crippen LogP contribution in [0.1, 0.15) is 17.3 Å². The molecule has 0 aliphatic carbocycles. The van der Waals surface area contributed by atoms with Gasteiger partial charge in [-0.2, -0.15) is 0 Å². The first-order valence-electron chi connectivity index (χ1n) is 3.83. The van der Waals surface area contributed by atoms with E-state index >= 15 is 0 Å². The summed E-state index contributed by atoms with van der Waals surface area (Å²) in [4.78, 5) is 10.8. The number of methoxy groups -OCH3 is 1. The molecule has 0 bridgehead atoms. The van der Waals surface area contributed by atoms with E-state index in [-0.39, 0.29) is 17.1 Å². The summed E-state index contributed by atoms with van der Waals surface area (Å²) in [6.07, 6.45) is 0. The van der Waals surface area contributed by atoms with Crippen LogP contribution in [0.5, 0.6) is 5.75 Å². The van der Waals surface area contributed by atoms with Crippen LogP contribution in [0.15, 0.2) is 18.2 Å². The van der Waals surface area contributed by atoms with Gasteiger partial charge in [-0.3, -0.25) is 4.79 Å². The lowest BCUT2D eigenvalue weighted by atomic mass is 9.81. The molecule has 0 unspecified atom stereocenters. The summed E-state index contributed by atoms with van der Waals surface area (Å²) in [6.45, 7) is 1.32. The lowest BCUT2D eigenvalue weighted by molar-refractivity contribution is 0.101. The van der Waals surface area contributed by atoms with Crippen molar-refractivity contribution in [3.8, 4) is 5.75 Å². The number of carbonyl (C=O) groups is 1. The lowest BCUT2D eigenvalue weighted by Gasteiger charge is -2.03. The topological polar surface area (TPSA) is 26.3 Å². The highest BCUT2D eigenvalue weighted by Crippen LogP contribution is 2.19. The van der Waals surface area contributed by atoms with Crippen molar-refractivity contribution in [3.63, 3.8) is 0 Å². The molecule has 1 rings (SSSR count). The van der Waals surface area contributed by atoms with Crippen LogP contribution in [0.4, 0.5) is 4.39 Å². The van der Waals surface area contributed by atoms with Gasteiger partial charge in [-0.05, 0) is 19.1 Å². The Bertz CT molecular complexity index is 316. The number of rotatable bonds is 2. The molecule has 0 atom stereocenters. The van der Waals surface area contributed by atoms with Crippen LogP contribution in [-0.2, 0) is 0 Å². The molecule has 0 amide bonds. The molecular weight excluding hydrogens is 181 g/mol. The number of benzene rings is 1. The van der Waals surface area contributed by atoms with Gasteiger partial charge in [0.05, 0.1) is 12.7 Å². The molecule has 1 aromatic rings. The Hall–Kier alpha value is -1.25. The maximum Gasteiger partial charge on any atom is 0.175 e. The van der Waals surface area contributed by atoms with Gasteiger partial charge in [0.1, 0.15) is 0 Å². The lowest BCUT2D eigenvalue weighted by Crippen LogP contribution is -1.98. The smallest absolute Gasteiger partial charge is 0.175 e. The van der Waals surface area contributed by atoms with Crippen molar-refractivity contribution in [2.24, 2.45) is 0 Å². The molecule has 0 aliphatic heterocycles. The van der Waals surface area contributed by atoms with Crippen LogP contribution in [0.25, 0.3) is 0 Å². The van der Waals surface area contributed by atoms with Crippen molar-refractivity contribution in [2.75, 3.05) is 7.11 Å². The van der Waals surface area contributed by atoms with Crippen molar-refractivity contribution in [2.45, 2.75) is 6.92 Å². The number of ketones is 1. The number of carbonyl (C=O) groups excluding carboxylic acids is 1. The number of Topliss-reactive ketones (excluding diaryl/α,β-unsaturated/α-hetero) is 1. The van der Waals surface area contributed by atoms with Gasteiger partial charge in [0.2, 0.25) is 0 Å². The third-order valence-electron chi connectivity index (χ3n) is 1.56. The Morgan fingerprint density at radius 1 is 1.43 bits per heavy atom. The van der Waals surface area contributed by atoms with Gasteiger partial charge in [-0.25, -0.2) is 4.39 Å². The van der Waals surface area contributed by atoms with Crippen LogP contribution >= 0.6 is 0 Å².